The third-order valence-electron chi connectivity index (χ3n) is 3.18. The summed E-state index contributed by atoms with van der Waals surface area (Å²) in [5, 5.41) is 4.28. The molecule has 20 heavy (non-hydrogen) atoms. The highest BCUT2D eigenvalue weighted by molar-refractivity contribution is 9.11. The van der Waals surface area contributed by atoms with Gasteiger partial charge in [0.2, 0.25) is 0 Å². The maximum atomic E-state index is 6.12. The first kappa shape index (κ1) is 16.0. The van der Waals surface area contributed by atoms with Crippen molar-refractivity contribution in [1.82, 2.24) is 5.32 Å². The number of nitrogens with one attached hydrogen (secondary N) is 1. The highest BCUT2D eigenvalue weighted by Gasteiger charge is 2.17. The summed E-state index contributed by atoms with van der Waals surface area (Å²) in [6.07, 6.45) is 0. The first-order valence-corrected chi connectivity index (χ1v) is 8.43. The SMILES string of the molecule is CCNC(c1cccc(Cl)c1)c1cc(Br)c(C)cc1Br. The van der Waals surface area contributed by atoms with Crippen LogP contribution < -0.4 is 5.32 Å². The molecule has 0 saturated heterocycles. The van der Waals surface area contributed by atoms with E-state index in [9.17, 15) is 0 Å². The Labute approximate surface area is 142 Å². The van der Waals surface area contributed by atoms with E-state index in [1.807, 2.05) is 18.2 Å². The second kappa shape index (κ2) is 7.08. The third kappa shape index (κ3) is 3.64. The number of rotatable bonds is 4. The molecular weight excluding hydrogens is 401 g/mol. The first-order chi connectivity index (χ1) is 9.52. The lowest BCUT2D eigenvalue weighted by atomic mass is 9.98. The van der Waals surface area contributed by atoms with Crippen molar-refractivity contribution in [3.05, 3.63) is 67.1 Å². The van der Waals surface area contributed by atoms with Crippen LogP contribution in [0.25, 0.3) is 0 Å². The Balaban J connectivity index is 2.51. The van der Waals surface area contributed by atoms with Gasteiger partial charge in [0.25, 0.3) is 0 Å². The van der Waals surface area contributed by atoms with Crippen LogP contribution in [-0.4, -0.2) is 6.54 Å². The lowest BCUT2D eigenvalue weighted by Gasteiger charge is -2.21. The van der Waals surface area contributed by atoms with Crippen LogP contribution in [0.1, 0.15) is 29.7 Å². The van der Waals surface area contributed by atoms with Gasteiger partial charge in [-0.25, -0.2) is 0 Å². The Morgan fingerprint density at radius 3 is 2.55 bits per heavy atom. The zero-order valence-corrected chi connectivity index (χ0v) is 15.3. The van der Waals surface area contributed by atoms with Crippen molar-refractivity contribution >= 4 is 43.5 Å². The molecule has 0 saturated carbocycles. The number of hydrogen-bond donors (Lipinski definition) is 1. The van der Waals surface area contributed by atoms with Gasteiger partial charge in [0, 0.05) is 14.0 Å². The lowest BCUT2D eigenvalue weighted by molar-refractivity contribution is 0.628. The predicted octanol–water partition coefficient (Wildman–Crippen LogP) is 5.87. The van der Waals surface area contributed by atoms with E-state index < -0.39 is 0 Å². The summed E-state index contributed by atoms with van der Waals surface area (Å²) in [4.78, 5) is 0. The average molecular weight is 418 g/mol. The Morgan fingerprint density at radius 1 is 1.15 bits per heavy atom. The van der Waals surface area contributed by atoms with Crippen LogP contribution in [-0.2, 0) is 0 Å². The summed E-state index contributed by atoms with van der Waals surface area (Å²) in [6.45, 7) is 5.07. The number of hydrogen-bond acceptors (Lipinski definition) is 1. The molecule has 0 spiro atoms. The summed E-state index contributed by atoms with van der Waals surface area (Å²) in [5.41, 5.74) is 3.57. The molecule has 0 fully saturated rings. The van der Waals surface area contributed by atoms with Gasteiger partial charge in [-0.3, -0.25) is 0 Å². The smallest absolute Gasteiger partial charge is 0.0588 e. The molecular formula is C16H16Br2ClN. The summed E-state index contributed by atoms with van der Waals surface area (Å²) in [5.74, 6) is 0. The monoisotopic (exact) mass is 415 g/mol. The van der Waals surface area contributed by atoms with E-state index in [0.717, 1.165) is 26.1 Å². The molecule has 2 aromatic carbocycles. The summed E-state index contributed by atoms with van der Waals surface area (Å²) in [6, 6.07) is 12.4. The summed E-state index contributed by atoms with van der Waals surface area (Å²) in [7, 11) is 0. The molecule has 2 aromatic rings. The van der Waals surface area contributed by atoms with E-state index in [1.165, 1.54) is 11.1 Å². The fourth-order valence-electron chi connectivity index (χ4n) is 2.18. The molecule has 0 amide bonds. The molecule has 0 aliphatic carbocycles. The van der Waals surface area contributed by atoms with Crippen molar-refractivity contribution in [3.63, 3.8) is 0 Å². The maximum Gasteiger partial charge on any atom is 0.0588 e. The molecule has 2 rings (SSSR count). The standard InChI is InChI=1S/C16H16Br2ClN/c1-3-20-16(11-5-4-6-12(19)8-11)13-9-14(17)10(2)7-15(13)18/h4-9,16,20H,3H2,1-2H3. The zero-order chi connectivity index (χ0) is 14.7. The third-order valence-corrected chi connectivity index (χ3v) is 4.96. The molecule has 1 N–H and O–H groups in total. The second-order valence-corrected chi connectivity index (χ2v) is 6.81. The quantitative estimate of drug-likeness (QED) is 0.656. The van der Waals surface area contributed by atoms with Gasteiger partial charge in [0.15, 0.2) is 0 Å². The van der Waals surface area contributed by atoms with Crippen LogP contribution in [0.15, 0.2) is 45.3 Å². The van der Waals surface area contributed by atoms with Crippen LogP contribution in [0.3, 0.4) is 0 Å². The highest BCUT2D eigenvalue weighted by atomic mass is 79.9. The minimum absolute atomic E-state index is 0.116. The van der Waals surface area contributed by atoms with Gasteiger partial charge in [-0.2, -0.15) is 0 Å². The minimum atomic E-state index is 0.116. The Bertz CT molecular complexity index is 613. The van der Waals surface area contributed by atoms with E-state index in [0.29, 0.717) is 0 Å². The molecule has 0 aromatic heterocycles. The van der Waals surface area contributed by atoms with E-state index in [-0.39, 0.29) is 6.04 Å². The Kier molecular flexibility index (Phi) is 5.67. The Morgan fingerprint density at radius 2 is 1.90 bits per heavy atom. The molecule has 0 aliphatic rings. The normalized spacial score (nSPS) is 12.4. The second-order valence-electron chi connectivity index (χ2n) is 4.67. The Hall–Kier alpha value is -0.350. The van der Waals surface area contributed by atoms with Crippen molar-refractivity contribution in [2.24, 2.45) is 0 Å². The van der Waals surface area contributed by atoms with Crippen molar-refractivity contribution in [3.8, 4) is 0 Å². The van der Waals surface area contributed by atoms with Crippen LogP contribution in [0, 0.1) is 6.92 Å². The molecule has 106 valence electrons. The van der Waals surface area contributed by atoms with Crippen molar-refractivity contribution in [2.75, 3.05) is 6.54 Å². The van der Waals surface area contributed by atoms with Gasteiger partial charge < -0.3 is 5.32 Å². The fraction of sp³-hybridized carbons (Fsp3) is 0.250. The first-order valence-electron chi connectivity index (χ1n) is 6.47. The van der Waals surface area contributed by atoms with Crippen molar-refractivity contribution in [2.45, 2.75) is 19.9 Å². The van der Waals surface area contributed by atoms with E-state index >= 15 is 0 Å². The van der Waals surface area contributed by atoms with Gasteiger partial charge >= 0.3 is 0 Å². The van der Waals surface area contributed by atoms with E-state index in [2.05, 4.69) is 69.2 Å². The molecule has 0 radical (unpaired) electrons. The highest BCUT2D eigenvalue weighted by Crippen LogP contribution is 2.33. The molecule has 0 bridgehead atoms. The van der Waals surface area contributed by atoms with Gasteiger partial charge in [0.1, 0.15) is 0 Å². The maximum absolute atomic E-state index is 6.12. The molecule has 0 heterocycles. The van der Waals surface area contributed by atoms with Gasteiger partial charge in [0.05, 0.1) is 6.04 Å². The molecule has 1 nitrogen and oxygen atoms in total. The van der Waals surface area contributed by atoms with Gasteiger partial charge in [-0.15, -0.1) is 0 Å². The fourth-order valence-corrected chi connectivity index (χ4v) is 3.43. The van der Waals surface area contributed by atoms with Crippen LogP contribution in [0.4, 0.5) is 0 Å². The minimum Gasteiger partial charge on any atom is -0.306 e. The molecule has 0 aliphatic heterocycles. The summed E-state index contributed by atoms with van der Waals surface area (Å²) < 4.78 is 2.21. The van der Waals surface area contributed by atoms with Crippen LogP contribution in [0.5, 0.6) is 0 Å². The average Bonchev–Trinajstić information content (AvgIpc) is 2.40. The van der Waals surface area contributed by atoms with Crippen LogP contribution in [0.2, 0.25) is 5.02 Å². The summed E-state index contributed by atoms with van der Waals surface area (Å²) >= 11 is 13.4. The van der Waals surface area contributed by atoms with E-state index in [4.69, 9.17) is 11.6 Å². The number of aryl methyl sites for hydroxylation is 1. The predicted molar refractivity (Wildman–Crippen MR) is 93.6 cm³/mol. The molecule has 1 atom stereocenters. The lowest BCUT2D eigenvalue weighted by Crippen LogP contribution is -2.22. The van der Waals surface area contributed by atoms with Crippen LogP contribution >= 0.6 is 43.5 Å². The number of halogens is 3. The van der Waals surface area contributed by atoms with Crippen molar-refractivity contribution in [1.29, 1.82) is 0 Å². The number of benzene rings is 2. The van der Waals surface area contributed by atoms with Gasteiger partial charge in [-0.1, -0.05) is 62.5 Å². The molecule has 4 heteroatoms. The van der Waals surface area contributed by atoms with Gasteiger partial charge in [-0.05, 0) is 54.4 Å². The topological polar surface area (TPSA) is 12.0 Å². The van der Waals surface area contributed by atoms with Crippen molar-refractivity contribution < 1.29 is 0 Å². The van der Waals surface area contributed by atoms with E-state index in [1.54, 1.807) is 0 Å². The largest absolute Gasteiger partial charge is 0.306 e. The zero-order valence-electron chi connectivity index (χ0n) is 11.4. The molecule has 1 unspecified atom stereocenters.